The van der Waals surface area contributed by atoms with E-state index in [9.17, 15) is 14.4 Å². The summed E-state index contributed by atoms with van der Waals surface area (Å²) >= 11 is 0. The molecule has 3 aromatic rings. The number of hydrogen-bond acceptors (Lipinski definition) is 5. The maximum atomic E-state index is 13.6. The Hall–Kier alpha value is -3.62. The molecular formula is C23H30N6O3. The lowest BCUT2D eigenvalue weighted by molar-refractivity contribution is 0.0985. The molecule has 0 unspecified atom stereocenters. The van der Waals surface area contributed by atoms with E-state index >= 15 is 0 Å². The van der Waals surface area contributed by atoms with Crippen molar-refractivity contribution in [3.63, 3.8) is 0 Å². The molecule has 0 bridgehead atoms. The van der Waals surface area contributed by atoms with Crippen LogP contribution in [-0.2, 0) is 13.1 Å². The molecule has 1 amide bonds. The maximum absolute atomic E-state index is 13.6. The summed E-state index contributed by atoms with van der Waals surface area (Å²) in [4.78, 5) is 42.2. The molecule has 3 N–H and O–H groups in total. The highest BCUT2D eigenvalue weighted by Crippen LogP contribution is 2.22. The lowest BCUT2D eigenvalue weighted by atomic mass is 10.2. The normalized spacial score (nSPS) is 11.0. The fourth-order valence-corrected chi connectivity index (χ4v) is 3.63. The first-order valence-corrected chi connectivity index (χ1v) is 10.9. The van der Waals surface area contributed by atoms with E-state index in [1.54, 1.807) is 4.68 Å². The zero-order chi connectivity index (χ0) is 23.3. The van der Waals surface area contributed by atoms with Crippen LogP contribution in [0.25, 0.3) is 0 Å². The molecule has 32 heavy (non-hydrogen) atoms. The molecule has 0 aliphatic rings. The van der Waals surface area contributed by atoms with Crippen molar-refractivity contribution in [1.29, 1.82) is 0 Å². The zero-order valence-electron chi connectivity index (χ0n) is 18.8. The molecule has 0 spiro atoms. The number of benzene rings is 1. The van der Waals surface area contributed by atoms with E-state index in [1.807, 2.05) is 51.1 Å². The number of carbonyl (C=O) groups is 1. The van der Waals surface area contributed by atoms with Crippen LogP contribution >= 0.6 is 0 Å². The van der Waals surface area contributed by atoms with E-state index in [-0.39, 0.29) is 17.4 Å². The second-order valence-corrected chi connectivity index (χ2v) is 7.74. The fraction of sp³-hybridized carbons (Fsp3) is 0.391. The molecule has 0 atom stereocenters. The first-order chi connectivity index (χ1) is 15.4. The van der Waals surface area contributed by atoms with Gasteiger partial charge in [0, 0.05) is 18.8 Å². The van der Waals surface area contributed by atoms with Crippen LogP contribution < -0.4 is 21.9 Å². The second-order valence-electron chi connectivity index (χ2n) is 7.74. The average molecular weight is 439 g/mol. The van der Waals surface area contributed by atoms with Crippen molar-refractivity contribution in [2.24, 2.45) is 0 Å². The molecule has 2 aromatic heterocycles. The van der Waals surface area contributed by atoms with Gasteiger partial charge in [-0.15, -0.1) is 0 Å². The van der Waals surface area contributed by atoms with E-state index in [0.717, 1.165) is 12.0 Å². The molecule has 2 heterocycles. The van der Waals surface area contributed by atoms with Gasteiger partial charge in [-0.25, -0.2) is 4.79 Å². The van der Waals surface area contributed by atoms with Gasteiger partial charge in [0.2, 0.25) is 0 Å². The highest BCUT2D eigenvalue weighted by Gasteiger charge is 2.27. The van der Waals surface area contributed by atoms with Crippen LogP contribution in [0.3, 0.4) is 0 Å². The van der Waals surface area contributed by atoms with Gasteiger partial charge in [-0.2, -0.15) is 5.10 Å². The van der Waals surface area contributed by atoms with E-state index < -0.39 is 11.2 Å². The Kier molecular flexibility index (Phi) is 7.29. The third-order valence-electron chi connectivity index (χ3n) is 5.42. The van der Waals surface area contributed by atoms with Crippen molar-refractivity contribution in [3.8, 4) is 0 Å². The Morgan fingerprint density at radius 3 is 2.53 bits per heavy atom. The number of nitrogen functional groups attached to an aromatic ring is 1. The van der Waals surface area contributed by atoms with Crippen molar-refractivity contribution in [2.45, 2.75) is 53.1 Å². The van der Waals surface area contributed by atoms with Gasteiger partial charge in [0.05, 0.1) is 18.3 Å². The van der Waals surface area contributed by atoms with Crippen LogP contribution in [-0.4, -0.2) is 31.8 Å². The number of aromatic nitrogens is 4. The van der Waals surface area contributed by atoms with Crippen molar-refractivity contribution >= 4 is 17.4 Å². The number of nitrogens with one attached hydrogen (secondary N) is 1. The van der Waals surface area contributed by atoms with Crippen LogP contribution in [0.5, 0.6) is 0 Å². The Bertz CT molecular complexity index is 1190. The fourth-order valence-electron chi connectivity index (χ4n) is 3.63. The minimum Gasteiger partial charge on any atom is -0.383 e. The molecule has 170 valence electrons. The lowest BCUT2D eigenvalue weighted by Crippen LogP contribution is -2.41. The van der Waals surface area contributed by atoms with Gasteiger partial charge in [-0.05, 0) is 25.3 Å². The number of aromatic amines is 1. The number of H-pyrrole nitrogens is 1. The van der Waals surface area contributed by atoms with Crippen molar-refractivity contribution < 1.29 is 4.79 Å². The van der Waals surface area contributed by atoms with Gasteiger partial charge in [-0.3, -0.25) is 23.8 Å². The minimum atomic E-state index is -0.668. The predicted octanol–water partition coefficient (Wildman–Crippen LogP) is 2.53. The van der Waals surface area contributed by atoms with Gasteiger partial charge >= 0.3 is 5.69 Å². The van der Waals surface area contributed by atoms with Crippen LogP contribution in [0.2, 0.25) is 0 Å². The van der Waals surface area contributed by atoms with Gasteiger partial charge in [0.15, 0.2) is 5.69 Å². The Morgan fingerprint density at radius 1 is 1.16 bits per heavy atom. The van der Waals surface area contributed by atoms with E-state index in [2.05, 4.69) is 10.1 Å². The monoisotopic (exact) mass is 438 g/mol. The Morgan fingerprint density at radius 2 is 1.88 bits per heavy atom. The summed E-state index contributed by atoms with van der Waals surface area (Å²) in [6.45, 7) is 6.90. The molecule has 0 saturated carbocycles. The summed E-state index contributed by atoms with van der Waals surface area (Å²) < 4.78 is 3.06. The minimum absolute atomic E-state index is 0.000571. The first kappa shape index (κ1) is 23.1. The number of anilines is 2. The van der Waals surface area contributed by atoms with Crippen molar-refractivity contribution in [2.75, 3.05) is 17.2 Å². The smallest absolute Gasteiger partial charge is 0.330 e. The number of rotatable bonds is 9. The van der Waals surface area contributed by atoms with Crippen LogP contribution in [0, 0.1) is 6.92 Å². The summed E-state index contributed by atoms with van der Waals surface area (Å²) in [5.41, 5.74) is 7.14. The highest BCUT2D eigenvalue weighted by atomic mass is 16.2. The molecule has 0 aliphatic heterocycles. The van der Waals surface area contributed by atoms with Crippen LogP contribution in [0.15, 0.2) is 46.1 Å². The number of hydrogen-bond donors (Lipinski definition) is 2. The topological polar surface area (TPSA) is 119 Å². The summed E-state index contributed by atoms with van der Waals surface area (Å²) in [7, 11) is 0. The second kappa shape index (κ2) is 10.1. The summed E-state index contributed by atoms with van der Waals surface area (Å²) in [5, 5.41) is 4.39. The molecule has 0 saturated heterocycles. The number of nitrogens with two attached hydrogens (primary N) is 1. The van der Waals surface area contributed by atoms with Crippen molar-refractivity contribution in [3.05, 3.63) is 74.2 Å². The molecule has 3 rings (SSSR count). The Labute approximate surface area is 186 Å². The van der Waals surface area contributed by atoms with Gasteiger partial charge in [0.25, 0.3) is 11.5 Å². The largest absolute Gasteiger partial charge is 0.383 e. The van der Waals surface area contributed by atoms with E-state index in [4.69, 9.17) is 5.73 Å². The number of nitrogens with zero attached hydrogens (tertiary/aromatic N) is 4. The van der Waals surface area contributed by atoms with E-state index in [1.165, 1.54) is 15.7 Å². The van der Waals surface area contributed by atoms with Gasteiger partial charge in [-0.1, -0.05) is 50.6 Å². The summed E-state index contributed by atoms with van der Waals surface area (Å²) in [6.07, 6.45) is 3.67. The SMILES string of the molecule is CCCCN(C(=O)c1cnn(Cc2ccccc2)c1C)c1c(N)n(CCC)c(=O)[nH]c1=O. The predicted molar refractivity (Wildman–Crippen MR) is 125 cm³/mol. The van der Waals surface area contributed by atoms with Crippen LogP contribution in [0.1, 0.15) is 54.7 Å². The molecule has 9 heteroatoms. The summed E-state index contributed by atoms with van der Waals surface area (Å²) in [6, 6.07) is 9.83. The molecule has 1 aromatic carbocycles. The lowest BCUT2D eigenvalue weighted by Gasteiger charge is -2.24. The summed E-state index contributed by atoms with van der Waals surface area (Å²) in [5.74, 6) is -0.367. The molecule has 0 radical (unpaired) electrons. The maximum Gasteiger partial charge on any atom is 0.330 e. The van der Waals surface area contributed by atoms with Crippen molar-refractivity contribution in [1.82, 2.24) is 19.3 Å². The number of unbranched alkanes of at least 4 members (excludes halogenated alkanes) is 1. The average Bonchev–Trinajstić information content (AvgIpc) is 3.13. The van der Waals surface area contributed by atoms with Gasteiger partial charge in [0.1, 0.15) is 5.82 Å². The molecule has 0 fully saturated rings. The van der Waals surface area contributed by atoms with Gasteiger partial charge < -0.3 is 10.6 Å². The highest BCUT2D eigenvalue weighted by molar-refractivity contribution is 6.07. The molecular weight excluding hydrogens is 408 g/mol. The Balaban J connectivity index is 2.03. The number of amides is 1. The van der Waals surface area contributed by atoms with E-state index in [0.29, 0.717) is 43.7 Å². The quantitative estimate of drug-likeness (QED) is 0.532. The first-order valence-electron chi connectivity index (χ1n) is 10.9. The standard InChI is InChI=1S/C23H30N6O3/c1-4-6-13-27(19-20(24)28(12-5-2)23(32)26-21(19)30)22(31)18-14-25-29(16(18)3)15-17-10-8-7-9-11-17/h7-11,14H,4-6,12-13,15,24H2,1-3H3,(H,26,30,32). The zero-order valence-corrected chi connectivity index (χ0v) is 18.8. The number of carbonyl (C=O) groups excluding carboxylic acids is 1. The van der Waals surface area contributed by atoms with Crippen LogP contribution in [0.4, 0.5) is 11.5 Å². The molecule has 9 nitrogen and oxygen atoms in total. The third-order valence-corrected chi connectivity index (χ3v) is 5.42. The third kappa shape index (κ3) is 4.66. The molecule has 0 aliphatic carbocycles.